The van der Waals surface area contributed by atoms with Crippen LogP contribution >= 0.6 is 0 Å². The second-order valence-corrected chi connectivity index (χ2v) is 7.75. The van der Waals surface area contributed by atoms with Gasteiger partial charge in [0.1, 0.15) is 12.7 Å². The summed E-state index contributed by atoms with van der Waals surface area (Å²) in [6.07, 6.45) is 5.34. The van der Waals surface area contributed by atoms with E-state index in [1.165, 1.54) is 22.4 Å². The molecule has 0 spiro atoms. The summed E-state index contributed by atoms with van der Waals surface area (Å²) >= 11 is 0. The van der Waals surface area contributed by atoms with E-state index in [-0.39, 0.29) is 0 Å². The van der Waals surface area contributed by atoms with Crippen LogP contribution in [-0.2, 0) is 13.1 Å². The molecule has 4 rings (SSSR count). The van der Waals surface area contributed by atoms with Crippen LogP contribution in [0.25, 0.3) is 11.3 Å². The zero-order valence-electron chi connectivity index (χ0n) is 17.6. The molecule has 7 nitrogen and oxygen atoms in total. The minimum atomic E-state index is 0.740. The van der Waals surface area contributed by atoms with E-state index >= 15 is 0 Å². The van der Waals surface area contributed by atoms with Crippen LogP contribution in [0.3, 0.4) is 0 Å². The van der Waals surface area contributed by atoms with Gasteiger partial charge >= 0.3 is 0 Å². The van der Waals surface area contributed by atoms with Crippen molar-refractivity contribution in [2.24, 2.45) is 0 Å². The van der Waals surface area contributed by atoms with E-state index in [0.717, 1.165) is 35.8 Å². The summed E-state index contributed by atoms with van der Waals surface area (Å²) in [6, 6.07) is 8.49. The molecule has 150 valence electrons. The normalized spacial score (nSPS) is 11.5. The average Bonchev–Trinajstić information content (AvgIpc) is 3.30. The minimum Gasteiger partial charge on any atom is -0.378 e. The van der Waals surface area contributed by atoms with E-state index < -0.39 is 0 Å². The highest BCUT2D eigenvalue weighted by Gasteiger charge is 2.15. The number of aryl methyl sites for hydroxylation is 3. The third-order valence-corrected chi connectivity index (χ3v) is 5.25. The fourth-order valence-electron chi connectivity index (χ4n) is 3.69. The molecule has 0 aliphatic carbocycles. The highest BCUT2D eigenvalue weighted by molar-refractivity contribution is 5.71. The molecule has 0 fully saturated rings. The van der Waals surface area contributed by atoms with E-state index in [2.05, 4.69) is 90.0 Å². The number of aromatic nitrogens is 5. The zero-order chi connectivity index (χ0) is 20.5. The quantitative estimate of drug-likeness (QED) is 0.547. The Balaban J connectivity index is 1.81. The maximum Gasteiger partial charge on any atom is 0.160 e. The number of hydrogen-bond donors (Lipinski definition) is 1. The van der Waals surface area contributed by atoms with Crippen molar-refractivity contribution < 1.29 is 0 Å². The van der Waals surface area contributed by atoms with E-state index in [4.69, 9.17) is 4.98 Å². The molecule has 3 heterocycles. The minimum absolute atomic E-state index is 0.740. The Morgan fingerprint density at radius 2 is 1.86 bits per heavy atom. The maximum absolute atomic E-state index is 4.87. The first-order chi connectivity index (χ1) is 13.9. The van der Waals surface area contributed by atoms with Gasteiger partial charge in [0.15, 0.2) is 5.65 Å². The van der Waals surface area contributed by atoms with Crippen molar-refractivity contribution in [2.45, 2.75) is 33.9 Å². The molecule has 4 aromatic rings. The van der Waals surface area contributed by atoms with E-state index in [1.807, 2.05) is 0 Å². The molecule has 0 saturated carbocycles. The number of fused-ring (bicyclic) bond motifs is 1. The summed E-state index contributed by atoms with van der Waals surface area (Å²) in [7, 11) is 4.14. The molecule has 0 saturated heterocycles. The van der Waals surface area contributed by atoms with Gasteiger partial charge in [-0.3, -0.25) is 4.40 Å². The van der Waals surface area contributed by atoms with Gasteiger partial charge in [0.05, 0.1) is 22.8 Å². The topological polar surface area (TPSA) is 63.3 Å². The van der Waals surface area contributed by atoms with Crippen molar-refractivity contribution in [1.29, 1.82) is 0 Å². The number of hydrogen-bond acceptors (Lipinski definition) is 5. The van der Waals surface area contributed by atoms with Crippen LogP contribution in [0.2, 0.25) is 0 Å². The number of anilines is 1. The third kappa shape index (κ3) is 3.73. The van der Waals surface area contributed by atoms with Crippen molar-refractivity contribution in [3.63, 3.8) is 0 Å². The second-order valence-electron chi connectivity index (χ2n) is 7.75. The number of imidazole rings is 1. The molecule has 3 aromatic heterocycles. The lowest BCUT2D eigenvalue weighted by Crippen LogP contribution is -2.14. The van der Waals surface area contributed by atoms with Gasteiger partial charge in [-0.1, -0.05) is 18.2 Å². The Bertz CT molecular complexity index is 1120. The third-order valence-electron chi connectivity index (χ3n) is 5.25. The lowest BCUT2D eigenvalue weighted by Gasteiger charge is -2.15. The fraction of sp³-hybridized carbons (Fsp3) is 0.318. The summed E-state index contributed by atoms with van der Waals surface area (Å²) in [5.41, 5.74) is 8.93. The summed E-state index contributed by atoms with van der Waals surface area (Å²) < 4.78 is 3.94. The average molecular weight is 390 g/mol. The predicted octanol–water partition coefficient (Wildman–Crippen LogP) is 3.51. The smallest absolute Gasteiger partial charge is 0.160 e. The zero-order valence-corrected chi connectivity index (χ0v) is 17.6. The van der Waals surface area contributed by atoms with Crippen LogP contribution in [-0.4, -0.2) is 43.1 Å². The van der Waals surface area contributed by atoms with Crippen LogP contribution in [0, 0.1) is 20.8 Å². The van der Waals surface area contributed by atoms with Crippen LogP contribution in [0.4, 0.5) is 5.69 Å². The molecular weight excluding hydrogens is 362 g/mol. The molecule has 7 heteroatoms. The molecule has 0 radical (unpaired) electrons. The number of rotatable bonds is 6. The van der Waals surface area contributed by atoms with E-state index in [9.17, 15) is 0 Å². The van der Waals surface area contributed by atoms with E-state index in [1.54, 1.807) is 17.3 Å². The number of nitrogens with one attached hydrogen (secondary N) is 1. The van der Waals surface area contributed by atoms with Crippen LogP contribution in [0.15, 0.2) is 43.1 Å². The Kier molecular flexibility index (Phi) is 5.07. The van der Waals surface area contributed by atoms with Crippen molar-refractivity contribution in [3.8, 4) is 5.69 Å². The molecule has 0 amide bonds. The molecule has 1 aromatic carbocycles. The first kappa shape index (κ1) is 19.1. The largest absolute Gasteiger partial charge is 0.378 e. The van der Waals surface area contributed by atoms with Gasteiger partial charge in [-0.05, 0) is 57.6 Å². The predicted molar refractivity (Wildman–Crippen MR) is 115 cm³/mol. The SMILES string of the molecule is Cc1cccc(C)c1CNc1cc(-n2cncn2)cn2c(CN(C)C)c(C)nc12. The second kappa shape index (κ2) is 7.67. The van der Waals surface area contributed by atoms with Crippen molar-refractivity contribution in [3.05, 3.63) is 71.2 Å². The first-order valence-electron chi connectivity index (χ1n) is 9.74. The monoisotopic (exact) mass is 389 g/mol. The van der Waals surface area contributed by atoms with Crippen molar-refractivity contribution >= 4 is 11.3 Å². The Morgan fingerprint density at radius 1 is 1.10 bits per heavy atom. The number of pyridine rings is 1. The number of nitrogens with zero attached hydrogens (tertiary/aromatic N) is 6. The maximum atomic E-state index is 4.87. The standard InChI is InChI=1S/C22H27N7/c1-15-7-6-8-16(2)19(15)10-24-20-9-18(29-14-23-13-25-29)11-28-21(12-27(4)5)17(3)26-22(20)28/h6-9,11,13-14,24H,10,12H2,1-5H3. The Labute approximate surface area is 171 Å². The lowest BCUT2D eigenvalue weighted by molar-refractivity contribution is 0.394. The summed E-state index contributed by atoms with van der Waals surface area (Å²) in [5.74, 6) is 0. The molecule has 0 bridgehead atoms. The Hall–Kier alpha value is -3.19. The van der Waals surface area contributed by atoms with Gasteiger partial charge in [-0.15, -0.1) is 0 Å². The molecule has 0 atom stereocenters. The molecule has 0 unspecified atom stereocenters. The number of benzene rings is 1. The van der Waals surface area contributed by atoms with Gasteiger partial charge in [-0.2, -0.15) is 5.10 Å². The van der Waals surface area contributed by atoms with Gasteiger partial charge < -0.3 is 10.2 Å². The summed E-state index contributed by atoms with van der Waals surface area (Å²) in [4.78, 5) is 11.1. The molecular formula is C22H27N7. The van der Waals surface area contributed by atoms with E-state index in [0.29, 0.717) is 0 Å². The van der Waals surface area contributed by atoms with Gasteiger partial charge in [0.2, 0.25) is 0 Å². The first-order valence-corrected chi connectivity index (χ1v) is 9.74. The van der Waals surface area contributed by atoms with Crippen LogP contribution in [0.1, 0.15) is 28.1 Å². The molecule has 29 heavy (non-hydrogen) atoms. The molecule has 0 aliphatic rings. The van der Waals surface area contributed by atoms with Crippen LogP contribution < -0.4 is 5.32 Å². The lowest BCUT2D eigenvalue weighted by atomic mass is 10.0. The fourth-order valence-corrected chi connectivity index (χ4v) is 3.69. The van der Waals surface area contributed by atoms with Gasteiger partial charge in [-0.25, -0.2) is 14.6 Å². The summed E-state index contributed by atoms with van der Waals surface area (Å²) in [5, 5.41) is 7.94. The highest BCUT2D eigenvalue weighted by atomic mass is 15.3. The highest BCUT2D eigenvalue weighted by Crippen LogP contribution is 2.25. The molecule has 1 N–H and O–H groups in total. The van der Waals surface area contributed by atoms with Crippen molar-refractivity contribution in [1.82, 2.24) is 29.0 Å². The van der Waals surface area contributed by atoms with Crippen LogP contribution in [0.5, 0.6) is 0 Å². The summed E-state index contributed by atoms with van der Waals surface area (Å²) in [6.45, 7) is 7.92. The molecule has 0 aliphatic heterocycles. The Morgan fingerprint density at radius 3 is 2.52 bits per heavy atom. The van der Waals surface area contributed by atoms with Gasteiger partial charge in [0, 0.05) is 19.3 Å². The van der Waals surface area contributed by atoms with Crippen molar-refractivity contribution in [2.75, 3.05) is 19.4 Å². The van der Waals surface area contributed by atoms with Gasteiger partial charge in [0.25, 0.3) is 0 Å².